The third kappa shape index (κ3) is 3.45. The van der Waals surface area contributed by atoms with Gasteiger partial charge in [0.1, 0.15) is 11.6 Å². The number of hydrogen-bond donors (Lipinski definition) is 1. The van der Waals surface area contributed by atoms with Crippen LogP contribution >= 0.6 is 0 Å². The molecule has 0 bridgehead atoms. The minimum atomic E-state index is 0.730. The van der Waals surface area contributed by atoms with Crippen LogP contribution < -0.4 is 15.5 Å². The number of anilines is 3. The number of benzene rings is 1. The van der Waals surface area contributed by atoms with Crippen LogP contribution in [0.15, 0.2) is 24.3 Å². The highest BCUT2D eigenvalue weighted by atomic mass is 16.5. The van der Waals surface area contributed by atoms with Crippen LogP contribution in [-0.4, -0.2) is 62.6 Å². The average molecular weight is 355 g/mol. The molecule has 7 nitrogen and oxygen atoms in total. The molecule has 26 heavy (non-hydrogen) atoms. The summed E-state index contributed by atoms with van der Waals surface area (Å²) in [5.74, 6) is 2.73. The lowest BCUT2D eigenvalue weighted by Gasteiger charge is -2.33. The van der Waals surface area contributed by atoms with Crippen molar-refractivity contribution >= 4 is 17.3 Å². The lowest BCUT2D eigenvalue weighted by atomic mass is 10.1. The highest BCUT2D eigenvalue weighted by molar-refractivity contribution is 5.68. The van der Waals surface area contributed by atoms with Gasteiger partial charge < -0.3 is 25.0 Å². The molecule has 2 aliphatic rings. The highest BCUT2D eigenvalue weighted by Crippen LogP contribution is 2.31. The minimum Gasteiger partial charge on any atom is -0.399 e. The fraction of sp³-hybridized carbons (Fsp3) is 0.474. The van der Waals surface area contributed by atoms with Crippen LogP contribution in [-0.2, 0) is 9.47 Å². The van der Waals surface area contributed by atoms with E-state index >= 15 is 0 Å². The van der Waals surface area contributed by atoms with Gasteiger partial charge in [-0.25, -0.2) is 9.97 Å². The van der Waals surface area contributed by atoms with Crippen molar-refractivity contribution in [2.24, 2.45) is 0 Å². The standard InChI is InChI=1S/C19H25N5O2/c1-14-18(23-6-10-25-11-7-23)21-17(15-2-4-16(20)5-3-15)22-19(14)24-8-12-26-13-9-24/h2-5H,6-13,20H2,1H3. The molecule has 3 heterocycles. The summed E-state index contributed by atoms with van der Waals surface area (Å²) in [5, 5.41) is 0. The smallest absolute Gasteiger partial charge is 0.163 e. The van der Waals surface area contributed by atoms with E-state index in [-0.39, 0.29) is 0 Å². The second-order valence-electron chi connectivity index (χ2n) is 6.64. The van der Waals surface area contributed by atoms with Gasteiger partial charge in [0.2, 0.25) is 0 Å². The van der Waals surface area contributed by atoms with Gasteiger partial charge in [0.15, 0.2) is 5.82 Å². The molecule has 0 atom stereocenters. The molecule has 2 aromatic rings. The summed E-state index contributed by atoms with van der Waals surface area (Å²) >= 11 is 0. The summed E-state index contributed by atoms with van der Waals surface area (Å²) in [6.45, 7) is 8.43. The average Bonchev–Trinajstić information content (AvgIpc) is 2.70. The monoisotopic (exact) mass is 355 g/mol. The molecule has 2 N–H and O–H groups in total. The van der Waals surface area contributed by atoms with Crippen LogP contribution in [0, 0.1) is 6.92 Å². The number of rotatable bonds is 3. The fourth-order valence-electron chi connectivity index (χ4n) is 3.42. The van der Waals surface area contributed by atoms with Crippen LogP contribution in [0.4, 0.5) is 17.3 Å². The molecule has 0 spiro atoms. The van der Waals surface area contributed by atoms with Crippen LogP contribution in [0.1, 0.15) is 5.56 Å². The molecular formula is C19H25N5O2. The first-order valence-electron chi connectivity index (χ1n) is 9.12. The molecular weight excluding hydrogens is 330 g/mol. The number of ether oxygens (including phenoxy) is 2. The largest absolute Gasteiger partial charge is 0.399 e. The zero-order valence-electron chi connectivity index (χ0n) is 15.1. The predicted octanol–water partition coefficient (Wildman–Crippen LogP) is 1.71. The Bertz CT molecular complexity index is 714. The molecule has 2 saturated heterocycles. The maximum atomic E-state index is 5.84. The second kappa shape index (κ2) is 7.47. The van der Waals surface area contributed by atoms with E-state index in [1.807, 2.05) is 24.3 Å². The topological polar surface area (TPSA) is 76.7 Å². The maximum Gasteiger partial charge on any atom is 0.163 e. The number of nitrogens with two attached hydrogens (primary N) is 1. The molecule has 2 fully saturated rings. The molecule has 0 unspecified atom stereocenters. The SMILES string of the molecule is Cc1c(N2CCOCC2)nc(-c2ccc(N)cc2)nc1N1CCOCC1. The normalized spacial score (nSPS) is 18.2. The molecule has 2 aliphatic heterocycles. The van der Waals surface area contributed by atoms with Crippen molar-refractivity contribution < 1.29 is 9.47 Å². The zero-order chi connectivity index (χ0) is 17.9. The van der Waals surface area contributed by atoms with Crippen LogP contribution in [0.25, 0.3) is 11.4 Å². The second-order valence-corrected chi connectivity index (χ2v) is 6.64. The highest BCUT2D eigenvalue weighted by Gasteiger charge is 2.23. The van der Waals surface area contributed by atoms with Gasteiger partial charge in [-0.15, -0.1) is 0 Å². The number of nitrogen functional groups attached to an aromatic ring is 1. The van der Waals surface area contributed by atoms with E-state index in [1.165, 1.54) is 0 Å². The lowest BCUT2D eigenvalue weighted by molar-refractivity contribution is 0.121. The van der Waals surface area contributed by atoms with E-state index in [0.717, 1.165) is 86.9 Å². The Kier molecular flexibility index (Phi) is 4.90. The molecule has 7 heteroatoms. The summed E-state index contributed by atoms with van der Waals surface area (Å²) in [7, 11) is 0. The Morgan fingerprint density at radius 3 is 1.73 bits per heavy atom. The summed E-state index contributed by atoms with van der Waals surface area (Å²) in [4.78, 5) is 14.4. The fourth-order valence-corrected chi connectivity index (χ4v) is 3.42. The Labute approximate surface area is 153 Å². The first-order chi connectivity index (χ1) is 12.7. The molecule has 4 rings (SSSR count). The first kappa shape index (κ1) is 17.1. The summed E-state index contributed by atoms with van der Waals surface area (Å²) in [6.07, 6.45) is 0. The van der Waals surface area contributed by atoms with E-state index in [0.29, 0.717) is 0 Å². The molecule has 0 amide bonds. The van der Waals surface area contributed by atoms with Crippen molar-refractivity contribution in [1.82, 2.24) is 9.97 Å². The van der Waals surface area contributed by atoms with E-state index in [9.17, 15) is 0 Å². The third-order valence-electron chi connectivity index (χ3n) is 4.88. The maximum absolute atomic E-state index is 5.84. The van der Waals surface area contributed by atoms with Crippen LogP contribution in [0.5, 0.6) is 0 Å². The Hall–Kier alpha value is -2.38. The summed E-state index contributed by atoms with van der Waals surface area (Å²) < 4.78 is 11.0. The molecule has 1 aromatic heterocycles. The van der Waals surface area contributed by atoms with Crippen LogP contribution in [0.2, 0.25) is 0 Å². The van der Waals surface area contributed by atoms with Crippen molar-refractivity contribution in [2.75, 3.05) is 68.1 Å². The van der Waals surface area contributed by atoms with E-state index < -0.39 is 0 Å². The molecule has 0 saturated carbocycles. The molecule has 1 aromatic carbocycles. The molecule has 138 valence electrons. The van der Waals surface area contributed by atoms with Gasteiger partial charge in [0, 0.05) is 43.0 Å². The van der Waals surface area contributed by atoms with Crippen molar-refractivity contribution in [3.8, 4) is 11.4 Å². The summed E-state index contributed by atoms with van der Waals surface area (Å²) in [5.41, 5.74) is 8.67. The number of hydrogen-bond acceptors (Lipinski definition) is 7. The lowest BCUT2D eigenvalue weighted by Crippen LogP contribution is -2.39. The molecule has 0 aliphatic carbocycles. The van der Waals surface area contributed by atoms with Gasteiger partial charge in [0.05, 0.1) is 26.4 Å². The van der Waals surface area contributed by atoms with Crippen molar-refractivity contribution in [1.29, 1.82) is 0 Å². The van der Waals surface area contributed by atoms with Gasteiger partial charge in [-0.05, 0) is 31.2 Å². The van der Waals surface area contributed by atoms with E-state index in [4.69, 9.17) is 25.2 Å². The van der Waals surface area contributed by atoms with Crippen molar-refractivity contribution in [2.45, 2.75) is 6.92 Å². The Morgan fingerprint density at radius 2 is 1.27 bits per heavy atom. The Morgan fingerprint density at radius 1 is 0.808 bits per heavy atom. The number of nitrogens with zero attached hydrogens (tertiary/aromatic N) is 4. The quantitative estimate of drug-likeness (QED) is 0.840. The van der Waals surface area contributed by atoms with Gasteiger partial charge in [-0.3, -0.25) is 0 Å². The van der Waals surface area contributed by atoms with E-state index in [1.54, 1.807) is 0 Å². The van der Waals surface area contributed by atoms with Crippen molar-refractivity contribution in [3.05, 3.63) is 29.8 Å². The third-order valence-corrected chi connectivity index (χ3v) is 4.88. The van der Waals surface area contributed by atoms with E-state index in [2.05, 4.69) is 16.7 Å². The van der Waals surface area contributed by atoms with Gasteiger partial charge in [-0.1, -0.05) is 0 Å². The first-order valence-corrected chi connectivity index (χ1v) is 9.12. The van der Waals surface area contributed by atoms with Gasteiger partial charge in [0.25, 0.3) is 0 Å². The minimum absolute atomic E-state index is 0.730. The number of morpholine rings is 2. The predicted molar refractivity (Wildman–Crippen MR) is 103 cm³/mol. The van der Waals surface area contributed by atoms with Crippen LogP contribution in [0.3, 0.4) is 0 Å². The summed E-state index contributed by atoms with van der Waals surface area (Å²) in [6, 6.07) is 7.74. The van der Waals surface area contributed by atoms with Gasteiger partial charge in [-0.2, -0.15) is 0 Å². The number of aromatic nitrogens is 2. The molecule has 0 radical (unpaired) electrons. The van der Waals surface area contributed by atoms with Crippen molar-refractivity contribution in [3.63, 3.8) is 0 Å². The Balaban J connectivity index is 1.78. The van der Waals surface area contributed by atoms with Gasteiger partial charge >= 0.3 is 0 Å². The zero-order valence-corrected chi connectivity index (χ0v) is 15.1.